The molecule has 0 saturated carbocycles. The highest BCUT2D eigenvalue weighted by Gasteiger charge is 2.09. The molecule has 0 fully saturated rings. The first kappa shape index (κ1) is 20.8. The molecule has 0 spiro atoms. The molecule has 0 bridgehead atoms. The van der Waals surface area contributed by atoms with E-state index in [0.29, 0.717) is 22.2 Å². The van der Waals surface area contributed by atoms with Crippen molar-refractivity contribution in [2.24, 2.45) is 0 Å². The van der Waals surface area contributed by atoms with E-state index in [1.165, 1.54) is 20.3 Å². The van der Waals surface area contributed by atoms with E-state index in [4.69, 9.17) is 25.8 Å². The highest BCUT2D eigenvalue weighted by molar-refractivity contribution is 9.10. The van der Waals surface area contributed by atoms with Crippen LogP contribution in [-0.4, -0.2) is 32.7 Å². The standard InChI is InChI=1S/C19H17BrClNO5/c1-25-16-7-3-12(9-17(16)26-2)4-8-19(24)27-11-18(23)22-15-6-5-13(20)10-14(15)21/h3-10H,11H2,1-2H3,(H,22,23)/b8-4+. The number of nitrogens with one attached hydrogen (secondary N) is 1. The van der Waals surface area contributed by atoms with Gasteiger partial charge in [-0.25, -0.2) is 4.79 Å². The van der Waals surface area contributed by atoms with Gasteiger partial charge < -0.3 is 19.5 Å². The molecule has 0 radical (unpaired) electrons. The van der Waals surface area contributed by atoms with Crippen LogP contribution < -0.4 is 14.8 Å². The van der Waals surface area contributed by atoms with Crippen LogP contribution in [0.4, 0.5) is 5.69 Å². The highest BCUT2D eigenvalue weighted by Crippen LogP contribution is 2.28. The van der Waals surface area contributed by atoms with Gasteiger partial charge in [-0.15, -0.1) is 0 Å². The molecule has 0 aromatic heterocycles. The van der Waals surface area contributed by atoms with Crippen molar-refractivity contribution >= 4 is 51.2 Å². The Balaban J connectivity index is 1.88. The molecule has 27 heavy (non-hydrogen) atoms. The second-order valence-corrected chi connectivity index (χ2v) is 6.55. The molecule has 8 heteroatoms. The van der Waals surface area contributed by atoms with E-state index < -0.39 is 18.5 Å². The Bertz CT molecular complexity index is 869. The third kappa shape index (κ3) is 6.30. The normalized spacial score (nSPS) is 10.5. The second kappa shape index (κ2) is 9.99. The van der Waals surface area contributed by atoms with Gasteiger partial charge >= 0.3 is 5.97 Å². The van der Waals surface area contributed by atoms with Crippen LogP contribution in [0.15, 0.2) is 46.9 Å². The maximum atomic E-state index is 11.9. The van der Waals surface area contributed by atoms with Crippen LogP contribution in [0.3, 0.4) is 0 Å². The molecule has 0 aliphatic carbocycles. The fourth-order valence-corrected chi connectivity index (χ4v) is 2.80. The molecule has 142 valence electrons. The number of anilines is 1. The summed E-state index contributed by atoms with van der Waals surface area (Å²) in [4.78, 5) is 23.7. The van der Waals surface area contributed by atoms with Crippen molar-refractivity contribution in [2.75, 3.05) is 26.1 Å². The summed E-state index contributed by atoms with van der Waals surface area (Å²) in [6.07, 6.45) is 2.77. The Hall–Kier alpha value is -2.51. The summed E-state index contributed by atoms with van der Waals surface area (Å²) in [5.74, 6) is -0.0202. The largest absolute Gasteiger partial charge is 0.493 e. The predicted molar refractivity (Wildman–Crippen MR) is 107 cm³/mol. The summed E-state index contributed by atoms with van der Waals surface area (Å²) in [7, 11) is 3.06. The first-order valence-corrected chi connectivity index (χ1v) is 8.92. The third-order valence-corrected chi connectivity index (χ3v) is 4.18. The van der Waals surface area contributed by atoms with Gasteiger partial charge in [-0.1, -0.05) is 33.6 Å². The number of methoxy groups -OCH3 is 2. The van der Waals surface area contributed by atoms with Gasteiger partial charge in [-0.3, -0.25) is 4.79 Å². The van der Waals surface area contributed by atoms with Gasteiger partial charge in [0, 0.05) is 10.5 Å². The smallest absolute Gasteiger partial charge is 0.331 e. The number of rotatable bonds is 7. The number of carbonyl (C=O) groups is 2. The van der Waals surface area contributed by atoms with E-state index in [0.717, 1.165) is 10.0 Å². The lowest BCUT2D eigenvalue weighted by atomic mass is 10.2. The zero-order valence-electron chi connectivity index (χ0n) is 14.6. The van der Waals surface area contributed by atoms with Crippen molar-refractivity contribution in [1.29, 1.82) is 0 Å². The average molecular weight is 455 g/mol. The summed E-state index contributed by atoms with van der Waals surface area (Å²) in [5, 5.41) is 2.94. The Morgan fingerprint density at radius 1 is 1.11 bits per heavy atom. The van der Waals surface area contributed by atoms with Crippen LogP contribution in [0.2, 0.25) is 5.02 Å². The molecule has 2 aromatic carbocycles. The van der Waals surface area contributed by atoms with Crippen molar-refractivity contribution in [3.05, 3.63) is 57.5 Å². The maximum Gasteiger partial charge on any atom is 0.331 e. The number of carbonyl (C=O) groups excluding carboxylic acids is 2. The molecule has 1 amide bonds. The molecule has 0 atom stereocenters. The lowest BCUT2D eigenvalue weighted by molar-refractivity contribution is -0.142. The monoisotopic (exact) mass is 453 g/mol. The number of halogens is 2. The van der Waals surface area contributed by atoms with Gasteiger partial charge in [0.25, 0.3) is 5.91 Å². The summed E-state index contributed by atoms with van der Waals surface area (Å²) in [5.41, 5.74) is 1.15. The van der Waals surface area contributed by atoms with Gasteiger partial charge in [0.1, 0.15) is 0 Å². The van der Waals surface area contributed by atoms with Crippen molar-refractivity contribution in [3.63, 3.8) is 0 Å². The van der Waals surface area contributed by atoms with E-state index in [2.05, 4.69) is 21.2 Å². The molecule has 0 aliphatic rings. The number of hydrogen-bond acceptors (Lipinski definition) is 5. The molecule has 0 aliphatic heterocycles. The third-order valence-electron chi connectivity index (χ3n) is 3.37. The highest BCUT2D eigenvalue weighted by atomic mass is 79.9. The maximum absolute atomic E-state index is 11.9. The van der Waals surface area contributed by atoms with E-state index in [1.54, 1.807) is 42.5 Å². The van der Waals surface area contributed by atoms with E-state index in [-0.39, 0.29) is 0 Å². The molecule has 2 rings (SSSR count). The zero-order valence-corrected chi connectivity index (χ0v) is 17.0. The van der Waals surface area contributed by atoms with E-state index in [1.807, 2.05) is 0 Å². The summed E-state index contributed by atoms with van der Waals surface area (Å²) >= 11 is 9.29. The zero-order chi connectivity index (χ0) is 19.8. The quantitative estimate of drug-likeness (QED) is 0.498. The predicted octanol–water partition coefficient (Wildman–Crippen LogP) is 4.31. The van der Waals surface area contributed by atoms with E-state index >= 15 is 0 Å². The topological polar surface area (TPSA) is 73.9 Å². The fraction of sp³-hybridized carbons (Fsp3) is 0.158. The Morgan fingerprint density at radius 2 is 1.85 bits per heavy atom. The lowest BCUT2D eigenvalue weighted by Gasteiger charge is -2.08. The summed E-state index contributed by atoms with van der Waals surface area (Å²) in [6, 6.07) is 10.2. The molecule has 0 heterocycles. The fourth-order valence-electron chi connectivity index (χ4n) is 2.08. The minimum absolute atomic E-state index is 0.373. The van der Waals surface area contributed by atoms with Crippen LogP contribution in [0.5, 0.6) is 11.5 Å². The van der Waals surface area contributed by atoms with Gasteiger partial charge in [0.2, 0.25) is 0 Å². The Morgan fingerprint density at radius 3 is 2.52 bits per heavy atom. The van der Waals surface area contributed by atoms with Gasteiger partial charge in [-0.05, 0) is 42.0 Å². The van der Waals surface area contributed by atoms with Crippen LogP contribution in [0, 0.1) is 0 Å². The average Bonchev–Trinajstić information content (AvgIpc) is 2.66. The minimum Gasteiger partial charge on any atom is -0.493 e. The van der Waals surface area contributed by atoms with Crippen LogP contribution >= 0.6 is 27.5 Å². The molecule has 6 nitrogen and oxygen atoms in total. The van der Waals surface area contributed by atoms with Crippen molar-refractivity contribution in [1.82, 2.24) is 0 Å². The van der Waals surface area contributed by atoms with Crippen molar-refractivity contribution in [3.8, 4) is 11.5 Å². The molecule has 0 saturated heterocycles. The number of esters is 1. The summed E-state index contributed by atoms with van der Waals surface area (Å²) < 4.78 is 16.0. The van der Waals surface area contributed by atoms with Gasteiger partial charge in [-0.2, -0.15) is 0 Å². The van der Waals surface area contributed by atoms with Crippen LogP contribution in [-0.2, 0) is 14.3 Å². The minimum atomic E-state index is -0.651. The Labute approximate surface area is 170 Å². The first-order chi connectivity index (χ1) is 12.9. The number of amides is 1. The molecular weight excluding hydrogens is 438 g/mol. The molecular formula is C19H17BrClNO5. The number of ether oxygens (including phenoxy) is 3. The number of benzene rings is 2. The SMILES string of the molecule is COc1ccc(/C=C/C(=O)OCC(=O)Nc2ccc(Br)cc2Cl)cc1OC. The molecule has 2 aromatic rings. The Kier molecular flexibility index (Phi) is 7.69. The van der Waals surface area contributed by atoms with Gasteiger partial charge in [0.15, 0.2) is 18.1 Å². The van der Waals surface area contributed by atoms with Crippen LogP contribution in [0.1, 0.15) is 5.56 Å². The van der Waals surface area contributed by atoms with Crippen molar-refractivity contribution < 1.29 is 23.8 Å². The molecule has 0 unspecified atom stereocenters. The van der Waals surface area contributed by atoms with E-state index in [9.17, 15) is 9.59 Å². The second-order valence-electron chi connectivity index (χ2n) is 5.23. The van der Waals surface area contributed by atoms with Crippen molar-refractivity contribution in [2.45, 2.75) is 0 Å². The van der Waals surface area contributed by atoms with Crippen LogP contribution in [0.25, 0.3) is 6.08 Å². The number of hydrogen-bond donors (Lipinski definition) is 1. The lowest BCUT2D eigenvalue weighted by Crippen LogP contribution is -2.20. The van der Waals surface area contributed by atoms with Gasteiger partial charge in [0.05, 0.1) is 24.9 Å². The molecule has 1 N–H and O–H groups in total. The summed E-state index contributed by atoms with van der Waals surface area (Å²) in [6.45, 7) is -0.429. The first-order valence-electron chi connectivity index (χ1n) is 7.74.